The van der Waals surface area contributed by atoms with Gasteiger partial charge >= 0.3 is 12.2 Å². The van der Waals surface area contributed by atoms with Gasteiger partial charge < -0.3 is 15.4 Å². The molecule has 0 bridgehead atoms. The molecular weight excluding hydrogens is 456 g/mol. The molecule has 0 fully saturated rings. The Morgan fingerprint density at radius 1 is 1.13 bits per heavy atom. The molecule has 0 spiro atoms. The molecule has 0 saturated heterocycles. The molecule has 1 aromatic heterocycles. The Kier molecular flexibility index (Phi) is 6.66. The summed E-state index contributed by atoms with van der Waals surface area (Å²) in [5.41, 5.74) is 0.0654. The summed E-state index contributed by atoms with van der Waals surface area (Å²) in [5.74, 6) is 0.398. The van der Waals surface area contributed by atoms with E-state index in [1.807, 2.05) is 0 Å². The topological polar surface area (TPSA) is 68.2 Å². The van der Waals surface area contributed by atoms with Crippen LogP contribution < -0.4 is 15.4 Å². The Bertz CT molecular complexity index is 1120. The van der Waals surface area contributed by atoms with Crippen LogP contribution in [0, 0.1) is 13.8 Å². The second-order valence-electron chi connectivity index (χ2n) is 6.52. The molecule has 3 rings (SSSR count). The average molecular weight is 473 g/mol. The standard InChI is InChI=1S/C20H17Cl2F3N4O2/c1-11-18(27-19(30)26-16-6-4-3-5-14(16)20(23,24)25)12(2)29(28-11)10-31-17-8-7-13(21)9-15(17)22/h3-9H,10H2,1-2H3,(H2,26,27,30). The molecule has 164 valence electrons. The third kappa shape index (κ3) is 5.42. The maximum Gasteiger partial charge on any atom is 0.418 e. The van der Waals surface area contributed by atoms with Crippen LogP contribution in [0.5, 0.6) is 5.75 Å². The maximum atomic E-state index is 13.1. The highest BCUT2D eigenvalue weighted by molar-refractivity contribution is 6.35. The smallest absolute Gasteiger partial charge is 0.418 e. The quantitative estimate of drug-likeness (QED) is 0.444. The first-order valence-corrected chi connectivity index (χ1v) is 9.68. The van der Waals surface area contributed by atoms with Gasteiger partial charge in [-0.2, -0.15) is 18.3 Å². The second kappa shape index (κ2) is 9.07. The number of urea groups is 1. The number of alkyl halides is 3. The van der Waals surface area contributed by atoms with Gasteiger partial charge in [0.1, 0.15) is 5.75 Å². The first-order valence-electron chi connectivity index (χ1n) is 8.92. The number of amides is 2. The number of carbonyl (C=O) groups excluding carboxylic acids is 1. The summed E-state index contributed by atoms with van der Waals surface area (Å²) in [5, 5.41) is 9.86. The highest BCUT2D eigenvalue weighted by Gasteiger charge is 2.33. The number of rotatable bonds is 5. The number of hydrogen-bond acceptors (Lipinski definition) is 3. The zero-order valence-electron chi connectivity index (χ0n) is 16.3. The Labute approximate surface area is 185 Å². The molecule has 0 aliphatic rings. The van der Waals surface area contributed by atoms with Gasteiger partial charge in [0.2, 0.25) is 0 Å². The van der Waals surface area contributed by atoms with Crippen LogP contribution in [0.2, 0.25) is 10.0 Å². The molecule has 0 radical (unpaired) electrons. The van der Waals surface area contributed by atoms with Crippen LogP contribution in [0.25, 0.3) is 0 Å². The highest BCUT2D eigenvalue weighted by Crippen LogP contribution is 2.34. The molecule has 2 N–H and O–H groups in total. The fraction of sp³-hybridized carbons (Fsp3) is 0.200. The van der Waals surface area contributed by atoms with E-state index in [9.17, 15) is 18.0 Å². The lowest BCUT2D eigenvalue weighted by Gasteiger charge is -2.14. The van der Waals surface area contributed by atoms with Gasteiger partial charge in [0.15, 0.2) is 6.73 Å². The minimum atomic E-state index is -4.60. The van der Waals surface area contributed by atoms with Crippen LogP contribution in [0.15, 0.2) is 42.5 Å². The van der Waals surface area contributed by atoms with Crippen molar-refractivity contribution in [3.8, 4) is 5.75 Å². The summed E-state index contributed by atoms with van der Waals surface area (Å²) in [6.45, 7) is 3.33. The predicted octanol–water partition coefficient (Wildman–Crippen LogP) is 6.51. The number of halogens is 5. The fourth-order valence-electron chi connectivity index (χ4n) is 2.83. The molecule has 0 saturated carbocycles. The molecule has 11 heteroatoms. The number of benzene rings is 2. The van der Waals surface area contributed by atoms with Gasteiger partial charge in [0.05, 0.1) is 33.3 Å². The van der Waals surface area contributed by atoms with E-state index < -0.39 is 17.8 Å². The van der Waals surface area contributed by atoms with Gasteiger partial charge in [-0.1, -0.05) is 35.3 Å². The number of carbonyl (C=O) groups is 1. The monoisotopic (exact) mass is 472 g/mol. The number of ether oxygens (including phenoxy) is 1. The lowest BCUT2D eigenvalue weighted by atomic mass is 10.1. The molecule has 0 unspecified atom stereocenters. The average Bonchev–Trinajstić information content (AvgIpc) is 2.94. The lowest BCUT2D eigenvalue weighted by Crippen LogP contribution is -2.22. The van der Waals surface area contributed by atoms with Gasteiger partial charge in [0, 0.05) is 5.02 Å². The van der Waals surface area contributed by atoms with Crippen molar-refractivity contribution in [1.29, 1.82) is 0 Å². The van der Waals surface area contributed by atoms with Crippen molar-refractivity contribution in [3.63, 3.8) is 0 Å². The molecule has 2 amide bonds. The predicted molar refractivity (Wildman–Crippen MR) is 113 cm³/mol. The molecule has 6 nitrogen and oxygen atoms in total. The number of hydrogen-bond donors (Lipinski definition) is 2. The second-order valence-corrected chi connectivity index (χ2v) is 7.36. The van der Waals surface area contributed by atoms with Crippen LogP contribution in [0.4, 0.5) is 29.3 Å². The Morgan fingerprint density at radius 2 is 1.84 bits per heavy atom. The summed E-state index contributed by atoms with van der Waals surface area (Å²) in [6, 6.07) is 8.66. The van der Waals surface area contributed by atoms with Gasteiger partial charge in [-0.25, -0.2) is 9.48 Å². The van der Waals surface area contributed by atoms with E-state index in [2.05, 4.69) is 15.7 Å². The molecule has 3 aromatic rings. The largest absolute Gasteiger partial charge is 0.470 e. The van der Waals surface area contributed by atoms with Crippen molar-refractivity contribution in [2.45, 2.75) is 26.8 Å². The summed E-state index contributed by atoms with van der Waals surface area (Å²) in [7, 11) is 0. The molecule has 2 aromatic carbocycles. The van der Waals surface area contributed by atoms with E-state index in [1.165, 1.54) is 28.9 Å². The SMILES string of the molecule is Cc1nn(COc2ccc(Cl)cc2Cl)c(C)c1NC(=O)Nc1ccccc1C(F)(F)F. The molecule has 1 heterocycles. The molecule has 31 heavy (non-hydrogen) atoms. The number of anilines is 2. The Morgan fingerprint density at radius 3 is 2.52 bits per heavy atom. The Hall–Kier alpha value is -2.91. The number of para-hydroxylation sites is 1. The zero-order chi connectivity index (χ0) is 22.8. The van der Waals surface area contributed by atoms with Crippen molar-refractivity contribution < 1.29 is 22.7 Å². The van der Waals surface area contributed by atoms with Gasteiger partial charge in [-0.15, -0.1) is 0 Å². The summed E-state index contributed by atoms with van der Waals surface area (Å²) < 4.78 is 46.5. The van der Waals surface area contributed by atoms with Crippen LogP contribution in [0.3, 0.4) is 0 Å². The van der Waals surface area contributed by atoms with Crippen molar-refractivity contribution >= 4 is 40.6 Å². The lowest BCUT2D eigenvalue weighted by molar-refractivity contribution is -0.136. The first-order chi connectivity index (χ1) is 14.6. The van der Waals surface area contributed by atoms with Crippen LogP contribution in [-0.2, 0) is 12.9 Å². The summed E-state index contributed by atoms with van der Waals surface area (Å²) >= 11 is 11.9. The van der Waals surface area contributed by atoms with E-state index in [1.54, 1.807) is 26.0 Å². The van der Waals surface area contributed by atoms with Gasteiger partial charge in [0.25, 0.3) is 0 Å². The van der Waals surface area contributed by atoms with Gasteiger partial charge in [-0.05, 0) is 44.2 Å². The van der Waals surface area contributed by atoms with E-state index in [4.69, 9.17) is 27.9 Å². The number of nitrogens with zero attached hydrogens (tertiary/aromatic N) is 2. The zero-order valence-corrected chi connectivity index (χ0v) is 17.9. The van der Waals surface area contributed by atoms with Gasteiger partial charge in [-0.3, -0.25) is 0 Å². The first kappa shape index (κ1) is 22.8. The minimum Gasteiger partial charge on any atom is -0.470 e. The van der Waals surface area contributed by atoms with Crippen molar-refractivity contribution in [1.82, 2.24) is 9.78 Å². The maximum absolute atomic E-state index is 13.1. The third-order valence-electron chi connectivity index (χ3n) is 4.34. The van der Waals surface area contributed by atoms with Crippen LogP contribution >= 0.6 is 23.2 Å². The van der Waals surface area contributed by atoms with Crippen LogP contribution in [-0.4, -0.2) is 15.8 Å². The number of nitrogens with one attached hydrogen (secondary N) is 2. The Balaban J connectivity index is 1.72. The molecule has 0 atom stereocenters. The highest BCUT2D eigenvalue weighted by atomic mass is 35.5. The van der Waals surface area contributed by atoms with Crippen LogP contribution in [0.1, 0.15) is 17.0 Å². The number of aromatic nitrogens is 2. The van der Waals surface area contributed by atoms with E-state index in [-0.39, 0.29) is 12.4 Å². The minimum absolute atomic E-state index is 0.00572. The van der Waals surface area contributed by atoms with Crippen molar-refractivity contribution in [2.75, 3.05) is 10.6 Å². The molecular formula is C20H17Cl2F3N4O2. The van der Waals surface area contributed by atoms with Crippen molar-refractivity contribution in [3.05, 3.63) is 69.5 Å². The van der Waals surface area contributed by atoms with E-state index in [0.717, 1.165) is 6.07 Å². The fourth-order valence-corrected chi connectivity index (χ4v) is 3.30. The van der Waals surface area contributed by atoms with Crippen molar-refractivity contribution in [2.24, 2.45) is 0 Å². The molecule has 0 aliphatic heterocycles. The summed E-state index contributed by atoms with van der Waals surface area (Å²) in [4.78, 5) is 12.3. The molecule has 0 aliphatic carbocycles. The number of aryl methyl sites for hydroxylation is 1. The summed E-state index contributed by atoms with van der Waals surface area (Å²) in [6.07, 6.45) is -4.60. The normalized spacial score (nSPS) is 11.3. The van der Waals surface area contributed by atoms with E-state index in [0.29, 0.717) is 32.9 Å². The van der Waals surface area contributed by atoms with E-state index >= 15 is 0 Å². The third-order valence-corrected chi connectivity index (χ3v) is 4.87.